The van der Waals surface area contributed by atoms with E-state index in [2.05, 4.69) is 5.32 Å². The fourth-order valence-electron chi connectivity index (χ4n) is 2.02. The van der Waals surface area contributed by atoms with Crippen LogP contribution in [0.3, 0.4) is 0 Å². The van der Waals surface area contributed by atoms with Gasteiger partial charge in [-0.1, -0.05) is 6.07 Å². The first-order valence-corrected chi connectivity index (χ1v) is 6.09. The third-order valence-corrected chi connectivity index (χ3v) is 2.82. The quantitative estimate of drug-likeness (QED) is 0.777. The molecule has 0 unspecified atom stereocenters. The van der Waals surface area contributed by atoms with E-state index in [-0.39, 0.29) is 11.8 Å². The predicted molar refractivity (Wildman–Crippen MR) is 66.6 cm³/mol. The third-order valence-electron chi connectivity index (χ3n) is 2.82. The molecule has 1 N–H and O–H groups in total. The minimum atomic E-state index is -0.499. The molecule has 0 saturated heterocycles. The molecular formula is C14H18FNO2. The summed E-state index contributed by atoms with van der Waals surface area (Å²) in [6, 6.07) is 4.30. The Kier molecular flexibility index (Phi) is 3.39. The Labute approximate surface area is 106 Å². The first kappa shape index (κ1) is 13.0. The third kappa shape index (κ3) is 3.07. The number of carbonyl (C=O) groups excluding carboxylic acids is 1. The maximum Gasteiger partial charge on any atom is 0.324 e. The van der Waals surface area contributed by atoms with E-state index in [9.17, 15) is 9.18 Å². The molecule has 0 aliphatic carbocycles. The Hall–Kier alpha value is -1.42. The minimum absolute atomic E-state index is 0.265. The molecule has 98 valence electrons. The lowest BCUT2D eigenvalue weighted by molar-refractivity contribution is -0.157. The maximum absolute atomic E-state index is 13.2. The molecule has 1 aromatic rings. The van der Waals surface area contributed by atoms with Crippen LogP contribution in [0.1, 0.15) is 31.9 Å². The van der Waals surface area contributed by atoms with Crippen molar-refractivity contribution in [1.29, 1.82) is 0 Å². The van der Waals surface area contributed by atoms with Crippen LogP contribution in [0.25, 0.3) is 0 Å². The van der Waals surface area contributed by atoms with Crippen LogP contribution >= 0.6 is 0 Å². The maximum atomic E-state index is 13.2. The molecule has 1 heterocycles. The van der Waals surface area contributed by atoms with E-state index in [0.29, 0.717) is 13.0 Å². The summed E-state index contributed by atoms with van der Waals surface area (Å²) in [7, 11) is 0. The van der Waals surface area contributed by atoms with Gasteiger partial charge in [0.1, 0.15) is 17.5 Å². The van der Waals surface area contributed by atoms with Gasteiger partial charge in [-0.25, -0.2) is 4.39 Å². The summed E-state index contributed by atoms with van der Waals surface area (Å²) in [6.07, 6.45) is 0.474. The van der Waals surface area contributed by atoms with Gasteiger partial charge in [-0.3, -0.25) is 4.79 Å². The van der Waals surface area contributed by atoms with Crippen molar-refractivity contribution in [3.05, 3.63) is 35.1 Å². The zero-order valence-electron chi connectivity index (χ0n) is 10.9. The normalized spacial score (nSPS) is 19.2. The van der Waals surface area contributed by atoms with Crippen LogP contribution in [-0.2, 0) is 22.5 Å². The summed E-state index contributed by atoms with van der Waals surface area (Å²) < 4.78 is 18.5. The molecule has 0 aromatic heterocycles. The van der Waals surface area contributed by atoms with Crippen molar-refractivity contribution in [3.8, 4) is 0 Å². The predicted octanol–water partition coefficient (Wildman–Crippen LogP) is 2.18. The highest BCUT2D eigenvalue weighted by molar-refractivity contribution is 5.77. The molecule has 0 fully saturated rings. The van der Waals surface area contributed by atoms with Gasteiger partial charge in [-0.05, 0) is 50.5 Å². The van der Waals surface area contributed by atoms with Crippen LogP contribution in [-0.4, -0.2) is 17.6 Å². The summed E-state index contributed by atoms with van der Waals surface area (Å²) in [5.41, 5.74) is 1.42. The number of rotatable bonds is 1. The van der Waals surface area contributed by atoms with Crippen LogP contribution in [0.5, 0.6) is 0 Å². The number of fused-ring (bicyclic) bond motifs is 1. The number of ether oxygens (including phenoxy) is 1. The highest BCUT2D eigenvalue weighted by Crippen LogP contribution is 2.20. The number of hydrogen-bond acceptors (Lipinski definition) is 3. The molecule has 0 amide bonds. The number of esters is 1. The fraction of sp³-hybridized carbons (Fsp3) is 0.500. The highest BCUT2D eigenvalue weighted by atomic mass is 19.1. The molecule has 18 heavy (non-hydrogen) atoms. The second-order valence-corrected chi connectivity index (χ2v) is 5.58. The second kappa shape index (κ2) is 4.69. The molecule has 3 nitrogen and oxygen atoms in total. The van der Waals surface area contributed by atoms with Crippen LogP contribution in [0, 0.1) is 5.82 Å². The standard InChI is InChI=1S/C14H18FNO2/c1-14(2,3)18-13(17)12-7-10-6-11(15)5-4-9(10)8-16-12/h4-6,12,16H,7-8H2,1-3H3/t12-/m0/s1. The average molecular weight is 251 g/mol. The van der Waals surface area contributed by atoms with Crippen LogP contribution < -0.4 is 5.32 Å². The van der Waals surface area contributed by atoms with E-state index >= 15 is 0 Å². The lowest BCUT2D eigenvalue weighted by atomic mass is 9.95. The number of hydrogen-bond donors (Lipinski definition) is 1. The van der Waals surface area contributed by atoms with Gasteiger partial charge in [0.2, 0.25) is 0 Å². The van der Waals surface area contributed by atoms with Crippen molar-refractivity contribution in [1.82, 2.24) is 5.32 Å². The Bertz CT molecular complexity index is 465. The lowest BCUT2D eigenvalue weighted by Crippen LogP contribution is -2.45. The number of carbonyl (C=O) groups is 1. The van der Waals surface area contributed by atoms with E-state index in [0.717, 1.165) is 11.1 Å². The van der Waals surface area contributed by atoms with Gasteiger partial charge < -0.3 is 10.1 Å². The molecule has 4 heteroatoms. The summed E-state index contributed by atoms with van der Waals surface area (Å²) >= 11 is 0. The molecule has 0 saturated carbocycles. The topological polar surface area (TPSA) is 38.3 Å². The van der Waals surface area contributed by atoms with Crippen molar-refractivity contribution in [2.75, 3.05) is 0 Å². The van der Waals surface area contributed by atoms with Crippen molar-refractivity contribution < 1.29 is 13.9 Å². The summed E-state index contributed by atoms with van der Waals surface area (Å²) in [6.45, 7) is 6.07. The zero-order chi connectivity index (χ0) is 13.3. The van der Waals surface area contributed by atoms with Crippen LogP contribution in [0.4, 0.5) is 4.39 Å². The molecular weight excluding hydrogens is 233 g/mol. The molecule has 0 radical (unpaired) electrons. The van der Waals surface area contributed by atoms with E-state index < -0.39 is 11.6 Å². The Morgan fingerprint density at radius 3 is 2.78 bits per heavy atom. The minimum Gasteiger partial charge on any atom is -0.459 e. The molecule has 1 aliphatic rings. The van der Waals surface area contributed by atoms with Gasteiger partial charge >= 0.3 is 5.97 Å². The second-order valence-electron chi connectivity index (χ2n) is 5.58. The number of nitrogens with one attached hydrogen (secondary N) is 1. The van der Waals surface area contributed by atoms with E-state index in [1.165, 1.54) is 12.1 Å². The van der Waals surface area contributed by atoms with Crippen LogP contribution in [0.2, 0.25) is 0 Å². The van der Waals surface area contributed by atoms with Crippen LogP contribution in [0.15, 0.2) is 18.2 Å². The summed E-state index contributed by atoms with van der Waals surface area (Å²) in [4.78, 5) is 11.9. The van der Waals surface area contributed by atoms with Gasteiger partial charge in [0.05, 0.1) is 0 Å². The van der Waals surface area contributed by atoms with Crippen molar-refractivity contribution >= 4 is 5.97 Å². The van der Waals surface area contributed by atoms with Crippen molar-refractivity contribution in [3.63, 3.8) is 0 Å². The van der Waals surface area contributed by atoms with Gasteiger partial charge in [0.15, 0.2) is 0 Å². The van der Waals surface area contributed by atoms with E-state index in [1.54, 1.807) is 6.07 Å². The molecule has 0 bridgehead atoms. The van der Waals surface area contributed by atoms with E-state index in [4.69, 9.17) is 4.74 Å². The molecule has 0 spiro atoms. The smallest absolute Gasteiger partial charge is 0.324 e. The van der Waals surface area contributed by atoms with Gasteiger partial charge in [-0.2, -0.15) is 0 Å². The number of halogens is 1. The molecule has 1 aliphatic heterocycles. The fourth-order valence-corrected chi connectivity index (χ4v) is 2.02. The highest BCUT2D eigenvalue weighted by Gasteiger charge is 2.28. The first-order valence-electron chi connectivity index (χ1n) is 6.09. The SMILES string of the molecule is CC(C)(C)OC(=O)[C@@H]1Cc2cc(F)ccc2CN1. The zero-order valence-corrected chi connectivity index (χ0v) is 10.9. The summed E-state index contributed by atoms with van der Waals surface area (Å²) in [5.74, 6) is -0.545. The molecule has 1 atom stereocenters. The Morgan fingerprint density at radius 2 is 2.11 bits per heavy atom. The van der Waals surface area contributed by atoms with Gasteiger partial charge in [0.25, 0.3) is 0 Å². The molecule has 2 rings (SSSR count). The Morgan fingerprint density at radius 1 is 1.39 bits per heavy atom. The number of benzene rings is 1. The largest absolute Gasteiger partial charge is 0.459 e. The Balaban J connectivity index is 2.09. The molecule has 1 aromatic carbocycles. The summed E-state index contributed by atoms with van der Waals surface area (Å²) in [5, 5.41) is 3.12. The van der Waals surface area contributed by atoms with E-state index in [1.807, 2.05) is 20.8 Å². The first-order chi connectivity index (χ1) is 8.35. The average Bonchev–Trinajstić information content (AvgIpc) is 2.25. The monoisotopic (exact) mass is 251 g/mol. The van der Waals surface area contributed by atoms with Gasteiger partial charge in [0, 0.05) is 6.54 Å². The van der Waals surface area contributed by atoms with Crippen molar-refractivity contribution in [2.24, 2.45) is 0 Å². The lowest BCUT2D eigenvalue weighted by Gasteiger charge is -2.28. The van der Waals surface area contributed by atoms with Crippen molar-refractivity contribution in [2.45, 2.75) is 45.4 Å². The van der Waals surface area contributed by atoms with Gasteiger partial charge in [-0.15, -0.1) is 0 Å².